The van der Waals surface area contributed by atoms with E-state index in [9.17, 15) is 13.2 Å². The van der Waals surface area contributed by atoms with Crippen molar-refractivity contribution in [3.8, 4) is 0 Å². The van der Waals surface area contributed by atoms with Crippen molar-refractivity contribution in [1.82, 2.24) is 5.32 Å². The maximum absolute atomic E-state index is 12.1. The van der Waals surface area contributed by atoms with Gasteiger partial charge in [-0.05, 0) is 29.8 Å². The molecule has 1 amide bonds. The third kappa shape index (κ3) is 3.98. The molecule has 0 atom stereocenters. The zero-order chi connectivity index (χ0) is 16.3. The lowest BCUT2D eigenvalue weighted by Crippen LogP contribution is -2.23. The van der Waals surface area contributed by atoms with E-state index >= 15 is 0 Å². The first-order valence-electron chi connectivity index (χ1n) is 6.13. The second-order valence-electron chi connectivity index (χ2n) is 4.46. The van der Waals surface area contributed by atoms with Crippen LogP contribution in [0.5, 0.6) is 0 Å². The lowest BCUT2D eigenvalue weighted by atomic mass is 10.2. The highest BCUT2D eigenvalue weighted by atomic mass is 35.5. The molecule has 0 aliphatic carbocycles. The highest BCUT2D eigenvalue weighted by molar-refractivity contribution is 7.89. The number of sulfonamides is 1. The predicted octanol–water partition coefficient (Wildman–Crippen LogP) is 2.57. The molecule has 0 aromatic heterocycles. The fourth-order valence-corrected chi connectivity index (χ4v) is 3.06. The van der Waals surface area contributed by atoms with E-state index in [-0.39, 0.29) is 22.0 Å². The van der Waals surface area contributed by atoms with Gasteiger partial charge < -0.3 is 5.32 Å². The van der Waals surface area contributed by atoms with Crippen LogP contribution in [0.25, 0.3) is 0 Å². The summed E-state index contributed by atoms with van der Waals surface area (Å²) in [6, 6.07) is 10.9. The summed E-state index contributed by atoms with van der Waals surface area (Å²) in [5, 5.41) is 8.20. The molecule has 0 heterocycles. The zero-order valence-corrected chi connectivity index (χ0v) is 13.5. The summed E-state index contributed by atoms with van der Waals surface area (Å²) >= 11 is 11.8. The van der Waals surface area contributed by atoms with E-state index in [1.165, 1.54) is 12.1 Å². The van der Waals surface area contributed by atoms with Gasteiger partial charge in [-0.3, -0.25) is 4.79 Å². The summed E-state index contributed by atoms with van der Waals surface area (Å²) in [6.07, 6.45) is 0. The van der Waals surface area contributed by atoms with Gasteiger partial charge in [-0.15, -0.1) is 0 Å². The molecule has 116 valence electrons. The highest BCUT2D eigenvalue weighted by Gasteiger charge is 2.16. The van der Waals surface area contributed by atoms with E-state index in [0.29, 0.717) is 5.02 Å². The molecular weight excluding hydrogens is 347 g/mol. The number of hydrogen-bond donors (Lipinski definition) is 2. The number of halogens is 2. The molecule has 3 N–H and O–H groups in total. The molecule has 0 aliphatic rings. The fraction of sp³-hybridized carbons (Fsp3) is 0.0714. The maximum atomic E-state index is 12.1. The summed E-state index contributed by atoms with van der Waals surface area (Å²) < 4.78 is 22.8. The van der Waals surface area contributed by atoms with Gasteiger partial charge in [0.15, 0.2) is 0 Å². The van der Waals surface area contributed by atoms with Crippen LogP contribution in [0, 0.1) is 0 Å². The van der Waals surface area contributed by atoms with Crippen LogP contribution in [0.4, 0.5) is 0 Å². The van der Waals surface area contributed by atoms with Crippen LogP contribution in [0.1, 0.15) is 15.9 Å². The topological polar surface area (TPSA) is 89.3 Å². The lowest BCUT2D eigenvalue weighted by Gasteiger charge is -2.08. The minimum atomic E-state index is -4.00. The number of hydrogen-bond acceptors (Lipinski definition) is 3. The van der Waals surface area contributed by atoms with Gasteiger partial charge in [0.25, 0.3) is 5.91 Å². The van der Waals surface area contributed by atoms with Gasteiger partial charge in [-0.1, -0.05) is 41.4 Å². The number of primary sulfonamides is 1. The molecule has 0 aliphatic heterocycles. The standard InChI is InChI=1S/C14H12Cl2N2O3S/c15-11-4-2-1-3-10(11)8-18-14(19)9-5-6-12(16)13(7-9)22(17,20)21/h1-7H,8H2,(H,18,19)(H2,17,20,21). The molecule has 2 aromatic rings. The summed E-state index contributed by atoms with van der Waals surface area (Å²) in [5.74, 6) is -0.457. The van der Waals surface area contributed by atoms with Crippen molar-refractivity contribution in [2.75, 3.05) is 0 Å². The van der Waals surface area contributed by atoms with Crippen molar-refractivity contribution in [3.63, 3.8) is 0 Å². The highest BCUT2D eigenvalue weighted by Crippen LogP contribution is 2.21. The van der Waals surface area contributed by atoms with E-state index in [4.69, 9.17) is 28.3 Å². The summed E-state index contributed by atoms with van der Waals surface area (Å²) in [5.41, 5.74) is 0.888. The molecule has 8 heteroatoms. The van der Waals surface area contributed by atoms with Gasteiger partial charge in [0, 0.05) is 17.1 Å². The quantitative estimate of drug-likeness (QED) is 0.879. The molecule has 5 nitrogen and oxygen atoms in total. The molecule has 2 rings (SSSR count). The Kier molecular flexibility index (Phi) is 5.08. The van der Waals surface area contributed by atoms with E-state index < -0.39 is 15.9 Å². The van der Waals surface area contributed by atoms with Crippen LogP contribution >= 0.6 is 23.2 Å². The smallest absolute Gasteiger partial charge is 0.251 e. The largest absolute Gasteiger partial charge is 0.348 e. The van der Waals surface area contributed by atoms with Gasteiger partial charge in [0.1, 0.15) is 4.90 Å². The molecule has 0 spiro atoms. The van der Waals surface area contributed by atoms with Crippen molar-refractivity contribution in [2.45, 2.75) is 11.4 Å². The normalized spacial score (nSPS) is 11.2. The lowest BCUT2D eigenvalue weighted by molar-refractivity contribution is 0.0950. The van der Waals surface area contributed by atoms with Gasteiger partial charge in [-0.2, -0.15) is 0 Å². The molecule has 0 saturated carbocycles. The van der Waals surface area contributed by atoms with E-state index in [2.05, 4.69) is 5.32 Å². The van der Waals surface area contributed by atoms with E-state index in [1.54, 1.807) is 24.3 Å². The Morgan fingerprint density at radius 3 is 2.41 bits per heavy atom. The second kappa shape index (κ2) is 6.66. The van der Waals surface area contributed by atoms with Crippen molar-refractivity contribution < 1.29 is 13.2 Å². The Bertz CT molecular complexity index is 823. The second-order valence-corrected chi connectivity index (χ2v) is 6.81. The molecule has 0 bridgehead atoms. The molecular formula is C14H12Cl2N2O3S. The third-order valence-corrected chi connectivity index (χ3v) is 4.66. The number of benzene rings is 2. The number of rotatable bonds is 4. The van der Waals surface area contributed by atoms with Gasteiger partial charge in [0.05, 0.1) is 5.02 Å². The van der Waals surface area contributed by atoms with Crippen molar-refractivity contribution >= 4 is 39.1 Å². The van der Waals surface area contributed by atoms with Crippen LogP contribution in [0.3, 0.4) is 0 Å². The summed E-state index contributed by atoms with van der Waals surface area (Å²) in [6.45, 7) is 0.214. The Balaban J connectivity index is 2.19. The average Bonchev–Trinajstić information content (AvgIpc) is 2.45. The number of nitrogens with two attached hydrogens (primary N) is 1. The van der Waals surface area contributed by atoms with Gasteiger partial charge >= 0.3 is 0 Å². The van der Waals surface area contributed by atoms with E-state index in [0.717, 1.165) is 11.6 Å². The van der Waals surface area contributed by atoms with Gasteiger partial charge in [0.2, 0.25) is 10.0 Å². The summed E-state index contributed by atoms with van der Waals surface area (Å²) in [7, 11) is -4.00. The minimum Gasteiger partial charge on any atom is -0.348 e. The molecule has 0 radical (unpaired) electrons. The first-order valence-corrected chi connectivity index (χ1v) is 8.43. The Labute approximate surface area is 138 Å². The van der Waals surface area contributed by atoms with Gasteiger partial charge in [-0.25, -0.2) is 13.6 Å². The summed E-state index contributed by atoms with van der Waals surface area (Å²) in [4.78, 5) is 11.8. The first-order chi connectivity index (χ1) is 10.3. The van der Waals surface area contributed by atoms with E-state index in [1.807, 2.05) is 0 Å². The zero-order valence-electron chi connectivity index (χ0n) is 11.2. The van der Waals surface area contributed by atoms with Crippen molar-refractivity contribution in [2.24, 2.45) is 5.14 Å². The number of amides is 1. The Morgan fingerprint density at radius 1 is 1.09 bits per heavy atom. The Hall–Kier alpha value is -1.60. The number of carbonyl (C=O) groups is 1. The fourth-order valence-electron chi connectivity index (χ4n) is 1.78. The van der Waals surface area contributed by atoms with Crippen LogP contribution in [-0.2, 0) is 16.6 Å². The third-order valence-electron chi connectivity index (χ3n) is 2.90. The molecule has 22 heavy (non-hydrogen) atoms. The van der Waals surface area contributed by atoms with Crippen LogP contribution < -0.4 is 10.5 Å². The monoisotopic (exact) mass is 358 g/mol. The molecule has 0 unspecified atom stereocenters. The van der Waals surface area contributed by atoms with Crippen LogP contribution in [0.15, 0.2) is 47.4 Å². The molecule has 0 fully saturated rings. The first kappa shape index (κ1) is 16.8. The maximum Gasteiger partial charge on any atom is 0.251 e. The van der Waals surface area contributed by atoms with Crippen molar-refractivity contribution in [1.29, 1.82) is 0 Å². The predicted molar refractivity (Wildman–Crippen MR) is 85.4 cm³/mol. The Morgan fingerprint density at radius 2 is 1.77 bits per heavy atom. The van der Waals surface area contributed by atoms with Crippen molar-refractivity contribution in [3.05, 3.63) is 63.6 Å². The average molecular weight is 359 g/mol. The number of carbonyl (C=O) groups excluding carboxylic acids is 1. The minimum absolute atomic E-state index is 0.0369. The number of nitrogens with one attached hydrogen (secondary N) is 1. The molecule has 2 aromatic carbocycles. The van der Waals surface area contributed by atoms with Crippen LogP contribution in [-0.4, -0.2) is 14.3 Å². The SMILES string of the molecule is NS(=O)(=O)c1cc(C(=O)NCc2ccccc2Cl)ccc1Cl. The molecule has 0 saturated heterocycles. The van der Waals surface area contributed by atoms with Crippen LogP contribution in [0.2, 0.25) is 10.0 Å².